The molecule has 0 unspecified atom stereocenters. The predicted octanol–water partition coefficient (Wildman–Crippen LogP) is 2.58. The van der Waals surface area contributed by atoms with Crippen LogP contribution in [0.25, 0.3) is 5.65 Å². The van der Waals surface area contributed by atoms with Crippen molar-refractivity contribution in [1.82, 2.24) is 25.2 Å². The molecule has 3 rings (SSSR count). The topological polar surface area (TPSA) is 69.8 Å². The van der Waals surface area contributed by atoms with Crippen molar-refractivity contribution >= 4 is 17.3 Å². The van der Waals surface area contributed by atoms with Gasteiger partial charge in [-0.25, -0.2) is 4.39 Å². The molecule has 2 aromatic heterocycles. The summed E-state index contributed by atoms with van der Waals surface area (Å²) in [7, 11) is 1.70. The summed E-state index contributed by atoms with van der Waals surface area (Å²) in [6.45, 7) is 6.53. The van der Waals surface area contributed by atoms with Crippen molar-refractivity contribution in [3.8, 4) is 0 Å². The fourth-order valence-corrected chi connectivity index (χ4v) is 3.06. The summed E-state index contributed by atoms with van der Waals surface area (Å²) < 4.78 is 16.3. The Hall–Kier alpha value is -3.16. The molecule has 0 aliphatic rings. The molecule has 2 N–H and O–H groups in total. The highest BCUT2D eigenvalue weighted by Crippen LogP contribution is 2.20. The van der Waals surface area contributed by atoms with Gasteiger partial charge in [0.2, 0.25) is 0 Å². The van der Waals surface area contributed by atoms with Crippen molar-refractivity contribution in [1.29, 1.82) is 0 Å². The summed E-state index contributed by atoms with van der Waals surface area (Å²) in [6, 6.07) is 11.1. The molecule has 0 fully saturated rings. The summed E-state index contributed by atoms with van der Waals surface area (Å²) >= 11 is 0. The highest BCUT2D eigenvalue weighted by Gasteiger charge is 2.10. The first-order valence-corrected chi connectivity index (χ1v) is 9.42. The number of anilines is 1. The first-order valence-electron chi connectivity index (χ1n) is 9.42. The molecule has 0 atom stereocenters. The summed E-state index contributed by atoms with van der Waals surface area (Å²) in [6.07, 6.45) is 1.92. The van der Waals surface area contributed by atoms with Crippen LogP contribution in [0.2, 0.25) is 0 Å². The number of aliphatic imine (C=N–C) groups is 1. The molecule has 1 aromatic carbocycles. The van der Waals surface area contributed by atoms with E-state index in [0.29, 0.717) is 24.7 Å². The first kappa shape index (κ1) is 19.6. The second-order valence-electron chi connectivity index (χ2n) is 6.28. The smallest absolute Gasteiger partial charge is 0.191 e. The molecular formula is C20H26FN7. The molecule has 0 bridgehead atoms. The van der Waals surface area contributed by atoms with Crippen molar-refractivity contribution in [2.75, 3.05) is 25.0 Å². The number of halogens is 1. The molecule has 3 aromatic rings. The van der Waals surface area contributed by atoms with Crippen LogP contribution >= 0.6 is 0 Å². The van der Waals surface area contributed by atoms with Crippen LogP contribution < -0.4 is 15.5 Å². The Kier molecular flexibility index (Phi) is 6.41. The number of guanidine groups is 1. The van der Waals surface area contributed by atoms with E-state index in [0.717, 1.165) is 30.1 Å². The fourth-order valence-electron chi connectivity index (χ4n) is 3.06. The number of hydrogen-bond donors (Lipinski definition) is 2. The third-order valence-electron chi connectivity index (χ3n) is 4.60. The zero-order valence-electron chi connectivity index (χ0n) is 16.5. The molecule has 0 saturated heterocycles. The normalized spacial score (nSPS) is 11.6. The van der Waals surface area contributed by atoms with E-state index in [-0.39, 0.29) is 5.82 Å². The lowest BCUT2D eigenvalue weighted by atomic mass is 10.2. The van der Waals surface area contributed by atoms with Crippen LogP contribution in [0.15, 0.2) is 47.6 Å². The maximum atomic E-state index is 14.4. The minimum absolute atomic E-state index is 0.208. The number of nitrogens with zero attached hydrogens (tertiary/aromatic N) is 5. The van der Waals surface area contributed by atoms with E-state index in [1.165, 1.54) is 0 Å². The monoisotopic (exact) mass is 383 g/mol. The van der Waals surface area contributed by atoms with Crippen molar-refractivity contribution in [2.45, 2.75) is 26.9 Å². The Morgan fingerprint density at radius 3 is 2.61 bits per heavy atom. The van der Waals surface area contributed by atoms with E-state index in [1.807, 2.05) is 59.7 Å². The molecule has 0 amide bonds. The standard InChI is InChI=1S/C20H26FN7/c1-4-27(5-2)17-10-9-15(12-16(17)21)13-23-20(22-3)24-14-19-26-25-18-8-6-7-11-28(18)19/h6-12H,4-5,13-14H2,1-3H3,(H2,22,23,24). The molecule has 8 heteroatoms. The van der Waals surface area contributed by atoms with Crippen molar-refractivity contribution in [3.05, 3.63) is 59.8 Å². The van der Waals surface area contributed by atoms with Crippen molar-refractivity contribution in [3.63, 3.8) is 0 Å². The number of benzene rings is 1. The van der Waals surface area contributed by atoms with E-state index in [9.17, 15) is 4.39 Å². The van der Waals surface area contributed by atoms with Gasteiger partial charge in [0.05, 0.1) is 12.2 Å². The molecule has 0 spiro atoms. The van der Waals surface area contributed by atoms with Crippen LogP contribution in [0.4, 0.5) is 10.1 Å². The Morgan fingerprint density at radius 2 is 1.89 bits per heavy atom. The van der Waals surface area contributed by atoms with Crippen LogP contribution in [-0.4, -0.2) is 40.7 Å². The average Bonchev–Trinajstić information content (AvgIpc) is 3.13. The van der Waals surface area contributed by atoms with E-state index in [2.05, 4.69) is 25.8 Å². The highest BCUT2D eigenvalue weighted by atomic mass is 19.1. The van der Waals surface area contributed by atoms with Gasteiger partial charge in [0, 0.05) is 32.9 Å². The third-order valence-corrected chi connectivity index (χ3v) is 4.60. The number of hydrogen-bond acceptors (Lipinski definition) is 4. The molecule has 148 valence electrons. The Balaban J connectivity index is 1.59. The van der Waals surface area contributed by atoms with Crippen molar-refractivity contribution < 1.29 is 4.39 Å². The summed E-state index contributed by atoms with van der Waals surface area (Å²) in [5, 5.41) is 14.7. The van der Waals surface area contributed by atoms with Gasteiger partial charge in [-0.2, -0.15) is 0 Å². The zero-order valence-corrected chi connectivity index (χ0v) is 16.5. The highest BCUT2D eigenvalue weighted by molar-refractivity contribution is 5.79. The Labute approximate surface area is 164 Å². The molecule has 0 radical (unpaired) electrons. The van der Waals surface area contributed by atoms with E-state index >= 15 is 0 Å². The van der Waals surface area contributed by atoms with Gasteiger partial charge in [-0.3, -0.25) is 9.39 Å². The maximum absolute atomic E-state index is 14.4. The van der Waals surface area contributed by atoms with Crippen molar-refractivity contribution in [2.24, 2.45) is 4.99 Å². The first-order chi connectivity index (χ1) is 13.7. The third kappa shape index (κ3) is 4.39. The van der Waals surface area contributed by atoms with Gasteiger partial charge in [-0.1, -0.05) is 12.1 Å². The van der Waals surface area contributed by atoms with E-state index in [1.54, 1.807) is 13.1 Å². The summed E-state index contributed by atoms with van der Waals surface area (Å²) in [4.78, 5) is 6.21. The van der Waals surface area contributed by atoms with Gasteiger partial charge in [0.1, 0.15) is 5.82 Å². The number of nitrogens with one attached hydrogen (secondary N) is 2. The van der Waals surface area contributed by atoms with Gasteiger partial charge in [-0.15, -0.1) is 10.2 Å². The lowest BCUT2D eigenvalue weighted by Crippen LogP contribution is -2.36. The van der Waals surface area contributed by atoms with Gasteiger partial charge in [0.25, 0.3) is 0 Å². The molecular weight excluding hydrogens is 357 g/mol. The van der Waals surface area contributed by atoms with Crippen LogP contribution in [0.3, 0.4) is 0 Å². The molecule has 0 aliphatic heterocycles. The molecule has 0 aliphatic carbocycles. The number of rotatable bonds is 7. The minimum atomic E-state index is -0.208. The Morgan fingerprint density at radius 1 is 1.11 bits per heavy atom. The molecule has 0 saturated carbocycles. The summed E-state index contributed by atoms with van der Waals surface area (Å²) in [5.74, 6) is 1.19. The van der Waals surface area contributed by atoms with E-state index < -0.39 is 0 Å². The number of fused-ring (bicyclic) bond motifs is 1. The molecule has 7 nitrogen and oxygen atoms in total. The van der Waals surface area contributed by atoms with Gasteiger partial charge < -0.3 is 15.5 Å². The van der Waals surface area contributed by atoms with E-state index in [4.69, 9.17) is 0 Å². The van der Waals surface area contributed by atoms with Gasteiger partial charge in [-0.05, 0) is 43.7 Å². The zero-order chi connectivity index (χ0) is 19.9. The second kappa shape index (κ2) is 9.16. The number of aromatic nitrogens is 3. The molecule has 28 heavy (non-hydrogen) atoms. The SMILES string of the molecule is CCN(CC)c1ccc(CNC(=NC)NCc2nnc3ccccn23)cc1F. The van der Waals surface area contributed by atoms with Gasteiger partial charge in [0.15, 0.2) is 17.4 Å². The quantitative estimate of drug-likeness (QED) is 0.485. The average molecular weight is 383 g/mol. The Bertz CT molecular complexity index is 947. The molecule has 2 heterocycles. The summed E-state index contributed by atoms with van der Waals surface area (Å²) in [5.41, 5.74) is 2.28. The fraction of sp³-hybridized carbons (Fsp3) is 0.350. The van der Waals surface area contributed by atoms with Crippen LogP contribution in [0, 0.1) is 5.82 Å². The number of pyridine rings is 1. The largest absolute Gasteiger partial charge is 0.370 e. The second-order valence-corrected chi connectivity index (χ2v) is 6.28. The lowest BCUT2D eigenvalue weighted by molar-refractivity contribution is 0.616. The van der Waals surface area contributed by atoms with Gasteiger partial charge >= 0.3 is 0 Å². The van der Waals surface area contributed by atoms with Crippen LogP contribution in [0.1, 0.15) is 25.2 Å². The predicted molar refractivity (Wildman–Crippen MR) is 110 cm³/mol. The minimum Gasteiger partial charge on any atom is -0.370 e. The van der Waals surface area contributed by atoms with Crippen LogP contribution in [0.5, 0.6) is 0 Å². The maximum Gasteiger partial charge on any atom is 0.191 e. The lowest BCUT2D eigenvalue weighted by Gasteiger charge is -2.22. The van der Waals surface area contributed by atoms with Crippen LogP contribution in [-0.2, 0) is 13.1 Å².